The van der Waals surface area contributed by atoms with Crippen molar-refractivity contribution < 1.29 is 0 Å². The van der Waals surface area contributed by atoms with Crippen LogP contribution in [0.2, 0.25) is 0 Å². The summed E-state index contributed by atoms with van der Waals surface area (Å²) in [5.74, 6) is 1.12. The van der Waals surface area contributed by atoms with Gasteiger partial charge in [-0.3, -0.25) is 0 Å². The number of aromatic nitrogens is 2. The van der Waals surface area contributed by atoms with Crippen LogP contribution in [0.1, 0.15) is 33.6 Å². The highest BCUT2D eigenvalue weighted by Gasteiger charge is 2.13. The van der Waals surface area contributed by atoms with E-state index in [-0.39, 0.29) is 0 Å². The molecule has 0 aliphatic heterocycles. The normalized spacial score (nSPS) is 11.1. The monoisotopic (exact) mass is 245 g/mol. The zero-order chi connectivity index (χ0) is 13.0. The number of imidazole rings is 1. The van der Waals surface area contributed by atoms with E-state index in [2.05, 4.69) is 54.5 Å². The average molecular weight is 245 g/mol. The molecule has 0 atom stereocenters. The van der Waals surface area contributed by atoms with E-state index in [0.29, 0.717) is 0 Å². The number of nitrogens with zero attached hydrogens (tertiary/aromatic N) is 3. The first-order valence-electron chi connectivity index (χ1n) is 7.02. The first kappa shape index (κ1) is 12.9. The average Bonchev–Trinajstić information content (AvgIpc) is 2.76. The minimum atomic E-state index is 1.01. The molecular weight excluding hydrogens is 222 g/mol. The molecule has 1 aromatic carbocycles. The van der Waals surface area contributed by atoms with Crippen molar-refractivity contribution in [1.82, 2.24) is 9.55 Å². The van der Waals surface area contributed by atoms with Gasteiger partial charge in [0.1, 0.15) is 0 Å². The van der Waals surface area contributed by atoms with Gasteiger partial charge < -0.3 is 9.47 Å². The number of benzene rings is 1. The molecule has 0 N–H and O–H groups in total. The molecule has 0 saturated carbocycles. The summed E-state index contributed by atoms with van der Waals surface area (Å²) in [5, 5.41) is 0. The smallest absolute Gasteiger partial charge is 0.206 e. The second kappa shape index (κ2) is 5.89. The first-order valence-corrected chi connectivity index (χ1v) is 7.02. The zero-order valence-electron chi connectivity index (χ0n) is 11.7. The van der Waals surface area contributed by atoms with E-state index in [4.69, 9.17) is 4.98 Å². The van der Waals surface area contributed by atoms with Crippen molar-refractivity contribution in [2.75, 3.05) is 18.0 Å². The molecule has 0 unspecified atom stereocenters. The van der Waals surface area contributed by atoms with Gasteiger partial charge >= 0.3 is 0 Å². The zero-order valence-corrected chi connectivity index (χ0v) is 11.7. The lowest BCUT2D eigenvalue weighted by molar-refractivity contribution is 0.632. The highest BCUT2D eigenvalue weighted by molar-refractivity contribution is 5.78. The van der Waals surface area contributed by atoms with Crippen LogP contribution < -0.4 is 4.90 Å². The number of para-hydroxylation sites is 2. The Morgan fingerprint density at radius 3 is 2.50 bits per heavy atom. The van der Waals surface area contributed by atoms with Crippen LogP contribution in [0.3, 0.4) is 0 Å². The Labute approximate surface area is 109 Å². The Balaban J connectivity index is 2.48. The number of fused-ring (bicyclic) bond motifs is 1. The van der Waals surface area contributed by atoms with Crippen LogP contribution in [0.5, 0.6) is 0 Å². The number of unbranched alkanes of at least 4 members (excludes halogenated alkanes) is 1. The molecule has 0 spiro atoms. The first-order chi connectivity index (χ1) is 8.81. The molecule has 0 saturated heterocycles. The largest absolute Gasteiger partial charge is 0.343 e. The minimum absolute atomic E-state index is 1.01. The fourth-order valence-corrected chi connectivity index (χ4v) is 2.35. The summed E-state index contributed by atoms with van der Waals surface area (Å²) in [5.41, 5.74) is 2.36. The highest BCUT2D eigenvalue weighted by atomic mass is 15.3. The van der Waals surface area contributed by atoms with Crippen LogP contribution in [0, 0.1) is 0 Å². The maximum absolute atomic E-state index is 4.80. The standard InChI is InChI=1S/C15H23N3/c1-4-7-12-18-14-11-9-8-10-13(14)16-15(18)17(5-2)6-3/h8-11H,4-7,12H2,1-3H3. The van der Waals surface area contributed by atoms with Gasteiger partial charge in [0.2, 0.25) is 5.95 Å². The van der Waals surface area contributed by atoms with Gasteiger partial charge in [0, 0.05) is 19.6 Å². The third-order valence-corrected chi connectivity index (χ3v) is 3.42. The van der Waals surface area contributed by atoms with Crippen LogP contribution in [0.15, 0.2) is 24.3 Å². The van der Waals surface area contributed by atoms with E-state index >= 15 is 0 Å². The van der Waals surface area contributed by atoms with Crippen molar-refractivity contribution in [2.45, 2.75) is 40.2 Å². The van der Waals surface area contributed by atoms with Crippen LogP contribution in [0.4, 0.5) is 5.95 Å². The molecule has 0 aliphatic carbocycles. The van der Waals surface area contributed by atoms with Crippen molar-refractivity contribution in [1.29, 1.82) is 0 Å². The SMILES string of the molecule is CCCCn1c(N(CC)CC)nc2ccccc21. The van der Waals surface area contributed by atoms with Crippen molar-refractivity contribution in [3.63, 3.8) is 0 Å². The Bertz CT molecular complexity index is 497. The lowest BCUT2D eigenvalue weighted by atomic mass is 10.3. The van der Waals surface area contributed by atoms with Gasteiger partial charge in [0.05, 0.1) is 11.0 Å². The molecule has 3 heteroatoms. The molecule has 98 valence electrons. The predicted molar refractivity (Wildman–Crippen MR) is 78.2 cm³/mol. The molecule has 0 aliphatic rings. The third-order valence-electron chi connectivity index (χ3n) is 3.42. The molecule has 1 heterocycles. The van der Waals surface area contributed by atoms with Gasteiger partial charge in [-0.2, -0.15) is 0 Å². The van der Waals surface area contributed by atoms with E-state index < -0.39 is 0 Å². The van der Waals surface area contributed by atoms with E-state index in [1.54, 1.807) is 0 Å². The van der Waals surface area contributed by atoms with E-state index in [9.17, 15) is 0 Å². The number of aryl methyl sites for hydroxylation is 1. The Morgan fingerprint density at radius 2 is 1.83 bits per heavy atom. The van der Waals surface area contributed by atoms with Gasteiger partial charge in [-0.1, -0.05) is 25.5 Å². The molecule has 0 amide bonds. The van der Waals surface area contributed by atoms with Crippen LogP contribution in [0.25, 0.3) is 11.0 Å². The lowest BCUT2D eigenvalue weighted by Gasteiger charge is -2.21. The van der Waals surface area contributed by atoms with Gasteiger partial charge in [-0.05, 0) is 32.4 Å². The molecule has 2 rings (SSSR count). The number of anilines is 1. The van der Waals surface area contributed by atoms with Crippen LogP contribution in [-0.2, 0) is 6.54 Å². The van der Waals surface area contributed by atoms with Gasteiger partial charge in [-0.25, -0.2) is 4.98 Å². The molecule has 3 nitrogen and oxygen atoms in total. The van der Waals surface area contributed by atoms with Gasteiger partial charge in [-0.15, -0.1) is 0 Å². The van der Waals surface area contributed by atoms with Gasteiger partial charge in [0.15, 0.2) is 0 Å². The minimum Gasteiger partial charge on any atom is -0.343 e. The van der Waals surface area contributed by atoms with E-state index in [1.165, 1.54) is 18.4 Å². The molecule has 2 aromatic rings. The second-order valence-electron chi connectivity index (χ2n) is 4.58. The maximum atomic E-state index is 4.80. The topological polar surface area (TPSA) is 21.1 Å². The van der Waals surface area contributed by atoms with Gasteiger partial charge in [0.25, 0.3) is 0 Å². The van der Waals surface area contributed by atoms with Crippen LogP contribution in [-0.4, -0.2) is 22.6 Å². The van der Waals surface area contributed by atoms with Crippen LogP contribution >= 0.6 is 0 Å². The van der Waals surface area contributed by atoms with E-state index in [1.807, 2.05) is 0 Å². The fourth-order valence-electron chi connectivity index (χ4n) is 2.35. The molecule has 0 radical (unpaired) electrons. The van der Waals surface area contributed by atoms with Crippen molar-refractivity contribution in [3.8, 4) is 0 Å². The lowest BCUT2D eigenvalue weighted by Crippen LogP contribution is -2.25. The van der Waals surface area contributed by atoms with Crippen molar-refractivity contribution >= 4 is 17.0 Å². The predicted octanol–water partition coefficient (Wildman–Crippen LogP) is 3.68. The second-order valence-corrected chi connectivity index (χ2v) is 4.58. The molecule has 0 bridgehead atoms. The van der Waals surface area contributed by atoms with E-state index in [0.717, 1.165) is 31.1 Å². The summed E-state index contributed by atoms with van der Waals surface area (Å²) in [4.78, 5) is 7.13. The number of hydrogen-bond donors (Lipinski definition) is 0. The fraction of sp³-hybridized carbons (Fsp3) is 0.533. The summed E-state index contributed by atoms with van der Waals surface area (Å²) < 4.78 is 2.37. The Kier molecular flexibility index (Phi) is 4.24. The quantitative estimate of drug-likeness (QED) is 0.774. The third kappa shape index (κ3) is 2.35. The number of rotatable bonds is 6. The Morgan fingerprint density at radius 1 is 1.11 bits per heavy atom. The molecule has 0 fully saturated rings. The maximum Gasteiger partial charge on any atom is 0.206 e. The number of hydrogen-bond acceptors (Lipinski definition) is 2. The summed E-state index contributed by atoms with van der Waals surface area (Å²) >= 11 is 0. The summed E-state index contributed by atoms with van der Waals surface area (Å²) in [7, 11) is 0. The Hall–Kier alpha value is -1.51. The molecule has 1 aromatic heterocycles. The molecule has 18 heavy (non-hydrogen) atoms. The summed E-state index contributed by atoms with van der Waals surface area (Å²) in [6, 6.07) is 8.43. The highest BCUT2D eigenvalue weighted by Crippen LogP contribution is 2.23. The summed E-state index contributed by atoms with van der Waals surface area (Å²) in [6.07, 6.45) is 2.42. The summed E-state index contributed by atoms with van der Waals surface area (Å²) in [6.45, 7) is 9.68. The van der Waals surface area contributed by atoms with Crippen molar-refractivity contribution in [3.05, 3.63) is 24.3 Å². The molecular formula is C15H23N3. The van der Waals surface area contributed by atoms with Crippen molar-refractivity contribution in [2.24, 2.45) is 0 Å².